The number of benzene rings is 1. The van der Waals surface area contributed by atoms with Crippen LogP contribution < -0.4 is 5.32 Å². The summed E-state index contributed by atoms with van der Waals surface area (Å²) in [6.07, 6.45) is 5.38. The van der Waals surface area contributed by atoms with E-state index < -0.39 is 10.8 Å². The van der Waals surface area contributed by atoms with Crippen LogP contribution in [0.1, 0.15) is 45.1 Å². The highest BCUT2D eigenvalue weighted by Crippen LogP contribution is 2.39. The molecule has 0 amide bonds. The summed E-state index contributed by atoms with van der Waals surface area (Å²) >= 11 is 0. The summed E-state index contributed by atoms with van der Waals surface area (Å²) in [4.78, 5) is 3.55. The average Bonchev–Trinajstić information content (AvgIpc) is 2.57. The van der Waals surface area contributed by atoms with Gasteiger partial charge in [-0.1, -0.05) is 26.0 Å². The van der Waals surface area contributed by atoms with E-state index in [0.29, 0.717) is 5.41 Å². The topological polar surface area (TPSA) is 63.8 Å². The van der Waals surface area contributed by atoms with Gasteiger partial charge in [0.2, 0.25) is 0 Å². The van der Waals surface area contributed by atoms with E-state index in [1.54, 1.807) is 0 Å². The van der Waals surface area contributed by atoms with Crippen LogP contribution in [0.15, 0.2) is 29.2 Å². The SMILES string of the molecule is CC(C)S(=O)c1cccc(CN2CCC3(CCNCC3)CC2)c1.O. The van der Waals surface area contributed by atoms with Crippen LogP contribution >= 0.6 is 0 Å². The second-order valence-electron chi connectivity index (χ2n) is 7.52. The molecule has 0 saturated carbocycles. The van der Waals surface area contributed by atoms with Crippen LogP contribution in [0.25, 0.3) is 0 Å². The van der Waals surface area contributed by atoms with Crippen molar-refractivity contribution < 1.29 is 9.69 Å². The second-order valence-corrected chi connectivity index (χ2v) is 9.53. The van der Waals surface area contributed by atoms with Crippen molar-refractivity contribution in [2.45, 2.75) is 56.2 Å². The lowest BCUT2D eigenvalue weighted by molar-refractivity contribution is 0.0701. The fraction of sp³-hybridized carbons (Fsp3) is 0.684. The predicted octanol–water partition coefficient (Wildman–Crippen LogP) is 2.34. The van der Waals surface area contributed by atoms with Crippen molar-refractivity contribution in [3.8, 4) is 0 Å². The molecule has 2 heterocycles. The summed E-state index contributed by atoms with van der Waals surface area (Å²) in [7, 11) is -0.886. The molecule has 1 aromatic carbocycles. The van der Waals surface area contributed by atoms with Gasteiger partial charge < -0.3 is 10.8 Å². The van der Waals surface area contributed by atoms with Gasteiger partial charge in [-0.3, -0.25) is 9.11 Å². The van der Waals surface area contributed by atoms with E-state index in [0.717, 1.165) is 11.4 Å². The van der Waals surface area contributed by atoms with Crippen LogP contribution in [0.5, 0.6) is 0 Å². The van der Waals surface area contributed by atoms with Crippen molar-refractivity contribution >= 4 is 10.8 Å². The Kier molecular flexibility index (Phi) is 6.99. The smallest absolute Gasteiger partial charge is 0.0555 e. The molecule has 2 saturated heterocycles. The van der Waals surface area contributed by atoms with Crippen molar-refractivity contribution in [3.63, 3.8) is 0 Å². The second kappa shape index (κ2) is 8.56. The Balaban J connectivity index is 0.00000208. The molecule has 2 aliphatic rings. The number of nitrogens with one attached hydrogen (secondary N) is 1. The molecule has 0 aliphatic carbocycles. The van der Waals surface area contributed by atoms with Crippen molar-refractivity contribution in [1.29, 1.82) is 0 Å². The van der Waals surface area contributed by atoms with Crippen molar-refractivity contribution in [2.75, 3.05) is 26.2 Å². The Bertz CT molecular complexity index is 546. The maximum atomic E-state index is 12.3. The zero-order valence-corrected chi connectivity index (χ0v) is 15.8. The molecule has 3 rings (SSSR count). The Labute approximate surface area is 148 Å². The molecule has 136 valence electrons. The number of hydrogen-bond donors (Lipinski definition) is 1. The molecule has 2 aliphatic heterocycles. The lowest BCUT2D eigenvalue weighted by Gasteiger charge is -2.44. The van der Waals surface area contributed by atoms with Gasteiger partial charge in [0.15, 0.2) is 0 Å². The van der Waals surface area contributed by atoms with Gasteiger partial charge in [-0.15, -0.1) is 0 Å². The molecular formula is C19H32N2O2S. The number of nitrogens with zero attached hydrogens (tertiary/aromatic N) is 1. The van der Waals surface area contributed by atoms with Crippen molar-refractivity contribution in [2.24, 2.45) is 5.41 Å². The number of hydrogen-bond acceptors (Lipinski definition) is 3. The monoisotopic (exact) mass is 352 g/mol. The van der Waals surface area contributed by atoms with Crippen LogP contribution in [-0.4, -0.2) is 46.0 Å². The minimum atomic E-state index is -0.886. The molecule has 5 heteroatoms. The highest BCUT2D eigenvalue weighted by molar-refractivity contribution is 7.85. The van der Waals surface area contributed by atoms with Crippen LogP contribution in [0.3, 0.4) is 0 Å². The molecule has 1 aromatic rings. The van der Waals surface area contributed by atoms with Gasteiger partial charge >= 0.3 is 0 Å². The van der Waals surface area contributed by atoms with Gasteiger partial charge in [-0.25, -0.2) is 0 Å². The molecule has 4 nitrogen and oxygen atoms in total. The first-order chi connectivity index (χ1) is 11.1. The Hall–Kier alpha value is -0.750. The first kappa shape index (κ1) is 19.6. The molecule has 1 spiro atoms. The average molecular weight is 353 g/mol. The molecule has 1 atom stereocenters. The van der Waals surface area contributed by atoms with Gasteiger partial charge in [-0.05, 0) is 75.0 Å². The molecular weight excluding hydrogens is 320 g/mol. The summed E-state index contributed by atoms with van der Waals surface area (Å²) in [5.41, 5.74) is 1.92. The number of rotatable bonds is 4. The third-order valence-corrected chi connectivity index (χ3v) is 7.12. The lowest BCUT2D eigenvalue weighted by Crippen LogP contribution is -2.45. The van der Waals surface area contributed by atoms with Crippen LogP contribution in [-0.2, 0) is 17.3 Å². The Morgan fingerprint density at radius 1 is 1.17 bits per heavy atom. The molecule has 3 N–H and O–H groups in total. The molecule has 0 radical (unpaired) electrons. The molecule has 0 bridgehead atoms. The normalized spacial score (nSPS) is 22.3. The zero-order chi connectivity index (χ0) is 16.3. The quantitative estimate of drug-likeness (QED) is 0.905. The molecule has 1 unspecified atom stereocenters. The fourth-order valence-corrected chi connectivity index (χ4v) is 4.97. The van der Waals surface area contributed by atoms with Crippen LogP contribution in [0.2, 0.25) is 0 Å². The zero-order valence-electron chi connectivity index (χ0n) is 15.0. The summed E-state index contributed by atoms with van der Waals surface area (Å²) in [5.74, 6) is 0. The first-order valence-corrected chi connectivity index (χ1v) is 10.2. The van der Waals surface area contributed by atoms with E-state index in [-0.39, 0.29) is 10.7 Å². The summed E-state index contributed by atoms with van der Waals surface area (Å²) in [6, 6.07) is 8.38. The highest BCUT2D eigenvalue weighted by Gasteiger charge is 2.35. The molecule has 2 fully saturated rings. The Morgan fingerprint density at radius 3 is 2.46 bits per heavy atom. The Morgan fingerprint density at radius 2 is 1.83 bits per heavy atom. The maximum absolute atomic E-state index is 12.3. The largest absolute Gasteiger partial charge is 0.412 e. The highest BCUT2D eigenvalue weighted by atomic mass is 32.2. The lowest BCUT2D eigenvalue weighted by atomic mass is 9.71. The van der Waals surface area contributed by atoms with Crippen LogP contribution in [0, 0.1) is 5.41 Å². The van der Waals surface area contributed by atoms with Gasteiger partial charge in [0.1, 0.15) is 0 Å². The van der Waals surface area contributed by atoms with E-state index in [2.05, 4.69) is 28.4 Å². The predicted molar refractivity (Wildman–Crippen MR) is 101 cm³/mol. The van der Waals surface area contributed by atoms with Crippen molar-refractivity contribution in [3.05, 3.63) is 29.8 Å². The summed E-state index contributed by atoms with van der Waals surface area (Å²) in [5, 5.41) is 3.67. The maximum Gasteiger partial charge on any atom is 0.0555 e. The first-order valence-electron chi connectivity index (χ1n) is 9.01. The fourth-order valence-electron chi connectivity index (χ4n) is 3.94. The van der Waals surface area contributed by atoms with Gasteiger partial charge in [0.05, 0.1) is 10.8 Å². The number of likely N-dealkylation sites (tertiary alicyclic amines) is 1. The van der Waals surface area contributed by atoms with E-state index in [4.69, 9.17) is 0 Å². The molecule has 0 aromatic heterocycles. The van der Waals surface area contributed by atoms with E-state index >= 15 is 0 Å². The van der Waals surface area contributed by atoms with Gasteiger partial charge in [0, 0.05) is 16.7 Å². The number of piperidine rings is 2. The van der Waals surface area contributed by atoms with E-state index in [1.807, 2.05) is 19.9 Å². The van der Waals surface area contributed by atoms with Gasteiger partial charge in [-0.2, -0.15) is 0 Å². The summed E-state index contributed by atoms with van der Waals surface area (Å²) < 4.78 is 12.3. The standard InChI is InChI=1S/C19H30N2OS.H2O/c1-16(2)23(22)18-5-3-4-17(14-18)15-21-12-8-19(9-13-21)6-10-20-11-7-19;/h3-5,14,16,20H,6-13,15H2,1-2H3;1H2. The minimum absolute atomic E-state index is 0. The minimum Gasteiger partial charge on any atom is -0.412 e. The summed E-state index contributed by atoms with van der Waals surface area (Å²) in [6.45, 7) is 9.84. The molecule has 24 heavy (non-hydrogen) atoms. The van der Waals surface area contributed by atoms with E-state index in [1.165, 1.54) is 57.4 Å². The van der Waals surface area contributed by atoms with Gasteiger partial charge in [0.25, 0.3) is 0 Å². The van der Waals surface area contributed by atoms with Crippen molar-refractivity contribution in [1.82, 2.24) is 10.2 Å². The van der Waals surface area contributed by atoms with Crippen LogP contribution in [0.4, 0.5) is 0 Å². The van der Waals surface area contributed by atoms with E-state index in [9.17, 15) is 4.21 Å². The third-order valence-electron chi connectivity index (χ3n) is 5.55. The third kappa shape index (κ3) is 4.66.